The van der Waals surface area contributed by atoms with Crippen molar-refractivity contribution in [1.82, 2.24) is 0 Å². The third-order valence-electron chi connectivity index (χ3n) is 6.84. The fourth-order valence-corrected chi connectivity index (χ4v) is 4.54. The normalized spacial score (nSPS) is 32.0. The van der Waals surface area contributed by atoms with Crippen LogP contribution in [0.2, 0.25) is 0 Å². The molecule has 15 heteroatoms. The molecule has 0 amide bonds. The number of hydrogen-bond acceptors (Lipinski definition) is 15. The number of aliphatic hydroxyl groups excluding tert-OH is 6. The molecule has 0 spiro atoms. The highest BCUT2D eigenvalue weighted by Crippen LogP contribution is 2.37. The number of benzene rings is 2. The second-order valence-corrected chi connectivity index (χ2v) is 9.76. The Kier molecular flexibility index (Phi) is 9.53. The zero-order valence-electron chi connectivity index (χ0n) is 21.4. The van der Waals surface area contributed by atoms with Gasteiger partial charge in [-0.3, -0.25) is 4.79 Å². The zero-order valence-corrected chi connectivity index (χ0v) is 21.4. The van der Waals surface area contributed by atoms with Crippen molar-refractivity contribution >= 4 is 5.78 Å². The summed E-state index contributed by atoms with van der Waals surface area (Å²) in [5, 5.41) is 101. The lowest BCUT2D eigenvalue weighted by molar-refractivity contribution is -0.345. The van der Waals surface area contributed by atoms with Gasteiger partial charge in [-0.2, -0.15) is 0 Å². The summed E-state index contributed by atoms with van der Waals surface area (Å²) in [6.07, 6.45) is -15.1. The maximum atomic E-state index is 13.2. The molecular weight excluding hydrogens is 552 g/mol. The number of aromatic hydroxyl groups is 4. The number of aryl methyl sites for hydroxylation is 1. The van der Waals surface area contributed by atoms with Crippen LogP contribution in [0.25, 0.3) is 0 Å². The van der Waals surface area contributed by atoms with Crippen LogP contribution in [0.3, 0.4) is 0 Å². The molecule has 10 N–H and O–H groups in total. The van der Waals surface area contributed by atoms with E-state index in [-0.39, 0.29) is 24.3 Å². The highest BCUT2D eigenvalue weighted by molar-refractivity contribution is 6.01. The minimum Gasteiger partial charge on any atom is -0.508 e. The predicted molar refractivity (Wildman–Crippen MR) is 133 cm³/mol. The van der Waals surface area contributed by atoms with E-state index in [0.717, 1.165) is 12.1 Å². The van der Waals surface area contributed by atoms with E-state index in [1.54, 1.807) is 0 Å². The quantitative estimate of drug-likeness (QED) is 0.113. The number of ether oxygens (including phenoxy) is 4. The predicted octanol–water partition coefficient (Wildman–Crippen LogP) is -2.03. The largest absolute Gasteiger partial charge is 0.508 e. The second-order valence-electron chi connectivity index (χ2n) is 9.76. The van der Waals surface area contributed by atoms with Gasteiger partial charge in [0.05, 0.1) is 13.2 Å². The van der Waals surface area contributed by atoms with Crippen LogP contribution in [0.4, 0.5) is 0 Å². The number of Topliss-reactive ketones (excluding diaryl/α,β-unsaturated/α-hetero) is 1. The molecule has 2 aromatic rings. The SMILES string of the molecule is O=C(CCc1ccc(O)c(O)c1)c1c(O)cc(O)cc1O[C@@H]1O[C@H](CO)[C@@H](O)[C@H](O)[C@H]1O[C@@H]1OC[C@@H](O)[C@H](O)[C@H]1O. The van der Waals surface area contributed by atoms with E-state index in [4.69, 9.17) is 18.9 Å². The molecule has 15 nitrogen and oxygen atoms in total. The molecule has 9 atom stereocenters. The molecule has 2 aromatic carbocycles. The fourth-order valence-electron chi connectivity index (χ4n) is 4.54. The Morgan fingerprint density at radius 2 is 1.59 bits per heavy atom. The zero-order chi connectivity index (χ0) is 30.0. The second kappa shape index (κ2) is 12.7. The van der Waals surface area contributed by atoms with Crippen molar-refractivity contribution < 1.29 is 74.8 Å². The van der Waals surface area contributed by atoms with E-state index in [1.165, 1.54) is 18.2 Å². The summed E-state index contributed by atoms with van der Waals surface area (Å²) in [6.45, 7) is -1.23. The van der Waals surface area contributed by atoms with Crippen molar-refractivity contribution in [3.05, 3.63) is 41.5 Å². The first-order chi connectivity index (χ1) is 19.4. The molecule has 2 fully saturated rings. The molecule has 2 heterocycles. The Morgan fingerprint density at radius 3 is 2.27 bits per heavy atom. The summed E-state index contributed by atoms with van der Waals surface area (Å²) in [5.41, 5.74) is 0.0847. The molecule has 226 valence electrons. The van der Waals surface area contributed by atoms with Gasteiger partial charge in [0.1, 0.15) is 59.4 Å². The summed E-state index contributed by atoms with van der Waals surface area (Å²) in [5.74, 6) is -3.04. The van der Waals surface area contributed by atoms with Gasteiger partial charge in [-0.15, -0.1) is 0 Å². The summed E-state index contributed by atoms with van der Waals surface area (Å²) < 4.78 is 22.1. The first-order valence-corrected chi connectivity index (χ1v) is 12.6. The molecule has 0 radical (unpaired) electrons. The van der Waals surface area contributed by atoms with Crippen molar-refractivity contribution in [2.24, 2.45) is 0 Å². The number of ketones is 1. The lowest BCUT2D eigenvalue weighted by Gasteiger charge is -2.44. The molecule has 4 rings (SSSR count). The maximum absolute atomic E-state index is 13.2. The van der Waals surface area contributed by atoms with E-state index in [1.807, 2.05) is 0 Å². The van der Waals surface area contributed by atoms with Crippen LogP contribution < -0.4 is 4.74 Å². The van der Waals surface area contributed by atoms with E-state index in [2.05, 4.69) is 0 Å². The minimum atomic E-state index is -1.84. The molecule has 2 saturated heterocycles. The third kappa shape index (κ3) is 6.64. The molecule has 0 unspecified atom stereocenters. The Morgan fingerprint density at radius 1 is 0.854 bits per heavy atom. The minimum absolute atomic E-state index is 0.0701. The molecule has 0 saturated carbocycles. The van der Waals surface area contributed by atoms with Crippen LogP contribution in [-0.4, -0.2) is 125 Å². The molecule has 2 aliphatic rings. The number of hydrogen-bond donors (Lipinski definition) is 10. The van der Waals surface area contributed by atoms with Crippen molar-refractivity contribution in [3.8, 4) is 28.7 Å². The van der Waals surface area contributed by atoms with Crippen molar-refractivity contribution in [3.63, 3.8) is 0 Å². The monoisotopic (exact) mass is 584 g/mol. The van der Waals surface area contributed by atoms with Crippen molar-refractivity contribution in [2.45, 2.75) is 68.1 Å². The molecule has 0 aliphatic carbocycles. The van der Waals surface area contributed by atoms with E-state index >= 15 is 0 Å². The van der Waals surface area contributed by atoms with Crippen LogP contribution in [0.1, 0.15) is 22.3 Å². The highest BCUT2D eigenvalue weighted by atomic mass is 16.8. The molecular formula is C26H32O15. The Bertz CT molecular complexity index is 1220. The number of rotatable bonds is 9. The standard InChI is InChI=1S/C26H32O15/c27-8-18-21(35)22(36)24(41-25-23(37)20(34)16(33)9-38-25)26(40-18)39-17-7-11(28)6-15(32)19(17)13(30)4-2-10-1-3-12(29)14(31)5-10/h1,3,5-7,16,18,20-29,31-37H,2,4,8-9H2/t16-,18-,20+,21-,22+,23-,24-,25+,26-/m1/s1. The summed E-state index contributed by atoms with van der Waals surface area (Å²) in [6, 6.07) is 5.83. The van der Waals surface area contributed by atoms with E-state index in [0.29, 0.717) is 5.56 Å². The highest BCUT2D eigenvalue weighted by Gasteiger charge is 2.50. The van der Waals surface area contributed by atoms with Gasteiger partial charge in [0.2, 0.25) is 6.29 Å². The topological polar surface area (TPSA) is 256 Å². The number of carbonyl (C=O) groups excluding carboxylic acids is 1. The van der Waals surface area contributed by atoms with Gasteiger partial charge in [-0.25, -0.2) is 0 Å². The number of phenols is 4. The average Bonchev–Trinajstić information content (AvgIpc) is 2.92. The van der Waals surface area contributed by atoms with Gasteiger partial charge in [-0.05, 0) is 24.1 Å². The van der Waals surface area contributed by atoms with Gasteiger partial charge < -0.3 is 70.0 Å². The van der Waals surface area contributed by atoms with Crippen LogP contribution in [0, 0.1) is 0 Å². The summed E-state index contributed by atoms with van der Waals surface area (Å²) >= 11 is 0. The Hall–Kier alpha value is -3.25. The van der Waals surface area contributed by atoms with Gasteiger partial charge in [-0.1, -0.05) is 6.07 Å². The molecule has 41 heavy (non-hydrogen) atoms. The van der Waals surface area contributed by atoms with Crippen LogP contribution in [0.5, 0.6) is 28.7 Å². The smallest absolute Gasteiger partial charge is 0.229 e. The summed E-state index contributed by atoms with van der Waals surface area (Å²) in [4.78, 5) is 13.2. The third-order valence-corrected chi connectivity index (χ3v) is 6.84. The number of phenolic OH excluding ortho intramolecular Hbond substituents is 4. The lowest BCUT2D eigenvalue weighted by Crippen LogP contribution is -2.63. The van der Waals surface area contributed by atoms with Crippen LogP contribution in [0.15, 0.2) is 30.3 Å². The fraction of sp³-hybridized carbons (Fsp3) is 0.500. The molecule has 0 bridgehead atoms. The number of carbonyl (C=O) groups is 1. The Balaban J connectivity index is 1.60. The van der Waals surface area contributed by atoms with Crippen LogP contribution >= 0.6 is 0 Å². The van der Waals surface area contributed by atoms with Crippen molar-refractivity contribution in [1.29, 1.82) is 0 Å². The van der Waals surface area contributed by atoms with Gasteiger partial charge in [0.25, 0.3) is 0 Å². The lowest BCUT2D eigenvalue weighted by atomic mass is 9.98. The van der Waals surface area contributed by atoms with E-state index < -0.39 is 97.1 Å². The first-order valence-electron chi connectivity index (χ1n) is 12.6. The average molecular weight is 585 g/mol. The summed E-state index contributed by atoms with van der Waals surface area (Å²) in [7, 11) is 0. The maximum Gasteiger partial charge on any atom is 0.229 e. The molecule has 0 aromatic heterocycles. The van der Waals surface area contributed by atoms with Gasteiger partial charge >= 0.3 is 0 Å². The van der Waals surface area contributed by atoms with Gasteiger partial charge in [0, 0.05) is 18.6 Å². The van der Waals surface area contributed by atoms with Crippen LogP contribution in [-0.2, 0) is 20.6 Å². The van der Waals surface area contributed by atoms with E-state index in [9.17, 15) is 55.9 Å². The molecule has 2 aliphatic heterocycles. The van der Waals surface area contributed by atoms with Crippen molar-refractivity contribution in [2.75, 3.05) is 13.2 Å². The van der Waals surface area contributed by atoms with Gasteiger partial charge in [0.15, 0.2) is 29.7 Å². The first kappa shape index (κ1) is 30.7. The number of aliphatic hydroxyl groups is 6. The Labute approximate surface area is 232 Å².